The number of benzene rings is 2. The van der Waals surface area contributed by atoms with Gasteiger partial charge in [0, 0.05) is 17.2 Å². The van der Waals surface area contributed by atoms with Crippen molar-refractivity contribution in [3.63, 3.8) is 0 Å². The van der Waals surface area contributed by atoms with E-state index in [9.17, 15) is 13.6 Å². The van der Waals surface area contributed by atoms with E-state index in [1.54, 1.807) is 18.2 Å². The molecule has 0 heterocycles. The van der Waals surface area contributed by atoms with Gasteiger partial charge in [-0.3, -0.25) is 4.79 Å². The van der Waals surface area contributed by atoms with Crippen molar-refractivity contribution in [3.8, 4) is 11.8 Å². The lowest BCUT2D eigenvalue weighted by atomic mass is 9.91. The van der Waals surface area contributed by atoms with Gasteiger partial charge in [0.2, 0.25) is 0 Å². The fraction of sp³-hybridized carbons (Fsp3) is 0.125. The van der Waals surface area contributed by atoms with Gasteiger partial charge >= 0.3 is 0 Å². The van der Waals surface area contributed by atoms with Crippen molar-refractivity contribution in [3.05, 3.63) is 65.2 Å². The molecule has 0 saturated heterocycles. The van der Waals surface area contributed by atoms with Crippen LogP contribution in [0.4, 0.5) is 8.78 Å². The van der Waals surface area contributed by atoms with Crippen molar-refractivity contribution in [2.24, 2.45) is 0 Å². The summed E-state index contributed by atoms with van der Waals surface area (Å²) in [5.74, 6) is -3.13. The normalized spacial score (nSPS) is 11.5. The third-order valence-corrected chi connectivity index (χ3v) is 3.02. The minimum Gasteiger partial charge on any atom is -0.497 e. The summed E-state index contributed by atoms with van der Waals surface area (Å²) in [5, 5.41) is 9.17. The first-order chi connectivity index (χ1) is 10.1. The van der Waals surface area contributed by atoms with Gasteiger partial charge in [0.1, 0.15) is 23.3 Å². The van der Waals surface area contributed by atoms with E-state index in [4.69, 9.17) is 10.00 Å². The Morgan fingerprint density at radius 2 is 2.00 bits per heavy atom. The second-order valence-electron chi connectivity index (χ2n) is 4.32. The Hall–Kier alpha value is -2.74. The monoisotopic (exact) mass is 287 g/mol. The second-order valence-corrected chi connectivity index (χ2v) is 4.32. The van der Waals surface area contributed by atoms with Crippen LogP contribution in [-0.2, 0) is 0 Å². The van der Waals surface area contributed by atoms with Crippen LogP contribution in [0.15, 0.2) is 42.5 Å². The van der Waals surface area contributed by atoms with Gasteiger partial charge in [-0.2, -0.15) is 5.26 Å². The van der Waals surface area contributed by atoms with Crippen LogP contribution in [0.3, 0.4) is 0 Å². The van der Waals surface area contributed by atoms with Crippen LogP contribution >= 0.6 is 0 Å². The lowest BCUT2D eigenvalue weighted by Crippen LogP contribution is -2.13. The zero-order chi connectivity index (χ0) is 15.4. The van der Waals surface area contributed by atoms with Crippen molar-refractivity contribution in [2.45, 2.75) is 5.92 Å². The molecule has 5 heteroatoms. The highest BCUT2D eigenvalue weighted by Gasteiger charge is 2.25. The van der Waals surface area contributed by atoms with Gasteiger partial charge in [0.25, 0.3) is 0 Å². The van der Waals surface area contributed by atoms with E-state index >= 15 is 0 Å². The van der Waals surface area contributed by atoms with Crippen molar-refractivity contribution < 1.29 is 18.3 Å². The van der Waals surface area contributed by atoms with Gasteiger partial charge in [-0.25, -0.2) is 8.78 Å². The smallest absolute Gasteiger partial charge is 0.184 e. The molecule has 2 rings (SSSR count). The number of nitriles is 1. The quantitative estimate of drug-likeness (QED) is 0.809. The molecule has 0 spiro atoms. The molecule has 1 atom stereocenters. The highest BCUT2D eigenvalue weighted by molar-refractivity contribution is 6.03. The van der Waals surface area contributed by atoms with Crippen LogP contribution in [-0.4, -0.2) is 12.9 Å². The standard InChI is InChI=1S/C16H11F2NO2/c1-21-12-4-2-3-10(7-12)16(20)14(9-19)13-6-5-11(17)8-15(13)18/h2-8,14H,1H3. The summed E-state index contributed by atoms with van der Waals surface area (Å²) >= 11 is 0. The van der Waals surface area contributed by atoms with Gasteiger partial charge in [-0.05, 0) is 18.2 Å². The van der Waals surface area contributed by atoms with Gasteiger partial charge in [0.05, 0.1) is 13.2 Å². The zero-order valence-electron chi connectivity index (χ0n) is 11.1. The van der Waals surface area contributed by atoms with Crippen LogP contribution in [0.5, 0.6) is 5.75 Å². The van der Waals surface area contributed by atoms with Crippen LogP contribution in [0.25, 0.3) is 0 Å². The first kappa shape index (κ1) is 14.7. The molecule has 3 nitrogen and oxygen atoms in total. The first-order valence-corrected chi connectivity index (χ1v) is 6.09. The van der Waals surface area contributed by atoms with Gasteiger partial charge in [0.15, 0.2) is 5.78 Å². The molecule has 0 aliphatic heterocycles. The maximum atomic E-state index is 13.7. The van der Waals surface area contributed by atoms with E-state index in [1.807, 2.05) is 0 Å². The molecular formula is C16H11F2NO2. The summed E-state index contributed by atoms with van der Waals surface area (Å²) in [6.07, 6.45) is 0. The van der Waals surface area contributed by atoms with Gasteiger partial charge in [-0.1, -0.05) is 18.2 Å². The molecule has 2 aromatic carbocycles. The third-order valence-electron chi connectivity index (χ3n) is 3.02. The molecule has 106 valence electrons. The number of methoxy groups -OCH3 is 1. The number of rotatable bonds is 4. The Morgan fingerprint density at radius 3 is 2.62 bits per heavy atom. The van der Waals surface area contributed by atoms with Gasteiger partial charge < -0.3 is 4.74 Å². The van der Waals surface area contributed by atoms with Crippen molar-refractivity contribution >= 4 is 5.78 Å². The first-order valence-electron chi connectivity index (χ1n) is 6.09. The van der Waals surface area contributed by atoms with E-state index in [-0.39, 0.29) is 11.1 Å². The average Bonchev–Trinajstić information content (AvgIpc) is 2.50. The number of carbonyl (C=O) groups is 1. The lowest BCUT2D eigenvalue weighted by molar-refractivity contribution is 0.0977. The molecule has 0 aromatic heterocycles. The molecule has 0 saturated carbocycles. The number of halogens is 2. The fourth-order valence-electron chi connectivity index (χ4n) is 1.95. The average molecular weight is 287 g/mol. The Morgan fingerprint density at radius 1 is 1.24 bits per heavy atom. The minimum atomic E-state index is -1.34. The molecule has 21 heavy (non-hydrogen) atoms. The van der Waals surface area contributed by atoms with E-state index in [0.29, 0.717) is 11.8 Å². The maximum absolute atomic E-state index is 13.7. The molecule has 0 amide bonds. The molecule has 1 unspecified atom stereocenters. The van der Waals surface area contributed by atoms with Crippen LogP contribution < -0.4 is 4.74 Å². The number of carbonyl (C=O) groups excluding carboxylic acids is 1. The summed E-state index contributed by atoms with van der Waals surface area (Å²) < 4.78 is 31.7. The summed E-state index contributed by atoms with van der Waals surface area (Å²) in [7, 11) is 1.45. The highest BCUT2D eigenvalue weighted by Crippen LogP contribution is 2.25. The molecule has 0 radical (unpaired) electrons. The Balaban J connectivity index is 2.41. The van der Waals surface area contributed by atoms with E-state index in [2.05, 4.69) is 0 Å². The number of ketones is 1. The molecular weight excluding hydrogens is 276 g/mol. The summed E-state index contributed by atoms with van der Waals surface area (Å²) in [5.41, 5.74) is 0.0799. The Labute approximate surface area is 120 Å². The van der Waals surface area contributed by atoms with Crippen LogP contribution in [0.1, 0.15) is 21.8 Å². The minimum absolute atomic E-state index is 0.147. The number of hydrogen-bond donors (Lipinski definition) is 0. The van der Waals surface area contributed by atoms with Crippen LogP contribution in [0.2, 0.25) is 0 Å². The van der Waals surface area contributed by atoms with E-state index < -0.39 is 23.3 Å². The topological polar surface area (TPSA) is 50.1 Å². The molecule has 0 fully saturated rings. The molecule has 0 bridgehead atoms. The van der Waals surface area contributed by atoms with E-state index in [1.165, 1.54) is 19.2 Å². The number of nitrogens with zero attached hydrogens (tertiary/aromatic N) is 1. The molecule has 0 aliphatic rings. The van der Waals surface area contributed by atoms with Gasteiger partial charge in [-0.15, -0.1) is 0 Å². The molecule has 2 aromatic rings. The summed E-state index contributed by atoms with van der Waals surface area (Å²) in [6.45, 7) is 0. The van der Waals surface area contributed by atoms with Crippen LogP contribution in [0, 0.1) is 23.0 Å². The third kappa shape index (κ3) is 3.06. The van der Waals surface area contributed by atoms with Crippen molar-refractivity contribution in [1.29, 1.82) is 5.26 Å². The molecule has 0 aliphatic carbocycles. The summed E-state index contributed by atoms with van der Waals surface area (Å²) in [4.78, 5) is 12.3. The molecule has 0 N–H and O–H groups in total. The Kier molecular flexibility index (Phi) is 4.29. The maximum Gasteiger partial charge on any atom is 0.184 e. The lowest BCUT2D eigenvalue weighted by Gasteiger charge is -2.10. The SMILES string of the molecule is COc1cccc(C(=O)C(C#N)c2ccc(F)cc2F)c1. The second kappa shape index (κ2) is 6.14. The summed E-state index contributed by atoms with van der Waals surface area (Å²) in [6, 6.07) is 10.8. The fourth-order valence-corrected chi connectivity index (χ4v) is 1.95. The number of Topliss-reactive ketones (excluding diaryl/α,β-unsaturated/α-hetero) is 1. The largest absolute Gasteiger partial charge is 0.497 e. The zero-order valence-corrected chi connectivity index (χ0v) is 11.1. The number of hydrogen-bond acceptors (Lipinski definition) is 3. The predicted octanol–water partition coefficient (Wildman–Crippen LogP) is 3.46. The van der Waals surface area contributed by atoms with Crippen molar-refractivity contribution in [1.82, 2.24) is 0 Å². The van der Waals surface area contributed by atoms with E-state index in [0.717, 1.165) is 12.1 Å². The number of ether oxygens (including phenoxy) is 1. The highest BCUT2D eigenvalue weighted by atomic mass is 19.1. The van der Waals surface area contributed by atoms with Crippen molar-refractivity contribution in [2.75, 3.05) is 7.11 Å². The predicted molar refractivity (Wildman–Crippen MR) is 72.0 cm³/mol. The Bertz CT molecular complexity index is 722.